The first kappa shape index (κ1) is 12.3. The van der Waals surface area contributed by atoms with Crippen molar-refractivity contribution in [3.05, 3.63) is 46.5 Å². The fraction of sp³-hybridized carbons (Fsp3) is 0.286. The first-order chi connectivity index (χ1) is 8.81. The summed E-state index contributed by atoms with van der Waals surface area (Å²) in [5.41, 5.74) is 1.37. The molecule has 2 rings (SSSR count). The van der Waals surface area contributed by atoms with Crippen LogP contribution >= 0.6 is 0 Å². The van der Waals surface area contributed by atoms with Gasteiger partial charge in [-0.1, -0.05) is 6.07 Å². The van der Waals surface area contributed by atoms with Crippen molar-refractivity contribution in [3.8, 4) is 12.3 Å². The van der Waals surface area contributed by atoms with Crippen LogP contribution < -0.4 is 10.9 Å². The lowest BCUT2D eigenvalue weighted by Gasteiger charge is -2.05. The lowest BCUT2D eigenvalue weighted by Crippen LogP contribution is -2.20. The molecule has 92 valence electrons. The number of pyridine rings is 1. The molecule has 0 unspecified atom stereocenters. The van der Waals surface area contributed by atoms with E-state index in [1.54, 1.807) is 12.3 Å². The van der Waals surface area contributed by atoms with Gasteiger partial charge in [-0.05, 0) is 25.1 Å². The number of terminal acetylenes is 1. The summed E-state index contributed by atoms with van der Waals surface area (Å²) in [5.74, 6) is 2.59. The Bertz CT molecular complexity index is 625. The average Bonchev–Trinajstić information content (AvgIpc) is 2.39. The third-order valence-corrected chi connectivity index (χ3v) is 2.60. The highest BCUT2D eigenvalue weighted by atomic mass is 16.1. The maximum Gasteiger partial charge on any atom is 0.258 e. The largest absolute Gasteiger partial charge is 0.311 e. The summed E-state index contributed by atoms with van der Waals surface area (Å²) >= 11 is 0. The van der Waals surface area contributed by atoms with Crippen molar-refractivity contribution in [2.45, 2.75) is 19.4 Å². The predicted octanol–water partition coefficient (Wildman–Crippen LogP) is 1.20. The van der Waals surface area contributed by atoms with Gasteiger partial charge >= 0.3 is 0 Å². The van der Waals surface area contributed by atoms with Crippen molar-refractivity contribution < 1.29 is 0 Å². The lowest BCUT2D eigenvalue weighted by molar-refractivity contribution is 0.648. The Balaban J connectivity index is 2.06. The van der Waals surface area contributed by atoms with Crippen molar-refractivity contribution in [1.29, 1.82) is 0 Å². The molecule has 0 fully saturated rings. The number of nitrogens with zero attached hydrogens (tertiary/aromatic N) is 2. The van der Waals surface area contributed by atoms with Crippen molar-refractivity contribution in [2.24, 2.45) is 0 Å². The molecule has 0 aliphatic rings. The van der Waals surface area contributed by atoms with Crippen molar-refractivity contribution in [1.82, 2.24) is 14.7 Å². The molecule has 2 aromatic rings. The molecule has 0 aliphatic heterocycles. The summed E-state index contributed by atoms with van der Waals surface area (Å²) in [4.78, 5) is 16.2. The second kappa shape index (κ2) is 5.99. The summed E-state index contributed by atoms with van der Waals surface area (Å²) in [6.07, 6.45) is 8.59. The minimum atomic E-state index is -0.0546. The van der Waals surface area contributed by atoms with Gasteiger partial charge in [-0.2, -0.15) is 0 Å². The molecule has 18 heavy (non-hydrogen) atoms. The lowest BCUT2D eigenvalue weighted by atomic mass is 10.3. The third kappa shape index (κ3) is 2.96. The number of hydrogen-bond acceptors (Lipinski definition) is 3. The summed E-state index contributed by atoms with van der Waals surface area (Å²) in [6.45, 7) is 1.42. The molecule has 0 radical (unpaired) electrons. The molecule has 0 aliphatic carbocycles. The molecule has 1 N–H and O–H groups in total. The Kier molecular flexibility index (Phi) is 4.11. The Labute approximate surface area is 106 Å². The topological polar surface area (TPSA) is 46.4 Å². The quantitative estimate of drug-likeness (QED) is 0.632. The van der Waals surface area contributed by atoms with Gasteiger partial charge < -0.3 is 5.32 Å². The zero-order chi connectivity index (χ0) is 12.8. The van der Waals surface area contributed by atoms with E-state index in [-0.39, 0.29) is 5.56 Å². The van der Waals surface area contributed by atoms with Gasteiger partial charge in [-0.25, -0.2) is 4.98 Å². The van der Waals surface area contributed by atoms with Gasteiger partial charge in [-0.15, -0.1) is 12.3 Å². The number of fused-ring (bicyclic) bond motifs is 1. The molecule has 0 spiro atoms. The van der Waals surface area contributed by atoms with Gasteiger partial charge in [0.05, 0.1) is 5.69 Å². The van der Waals surface area contributed by atoms with E-state index in [9.17, 15) is 4.79 Å². The second-order valence-electron chi connectivity index (χ2n) is 4.00. The molecule has 0 bridgehead atoms. The van der Waals surface area contributed by atoms with E-state index in [2.05, 4.69) is 16.2 Å². The number of hydrogen-bond donors (Lipinski definition) is 1. The van der Waals surface area contributed by atoms with Crippen molar-refractivity contribution in [2.75, 3.05) is 6.54 Å². The second-order valence-corrected chi connectivity index (χ2v) is 4.00. The monoisotopic (exact) mass is 241 g/mol. The van der Waals surface area contributed by atoms with Gasteiger partial charge in [-0.3, -0.25) is 9.20 Å². The molecule has 0 aromatic carbocycles. The van der Waals surface area contributed by atoms with Crippen LogP contribution in [0.1, 0.15) is 18.5 Å². The molecule has 0 saturated carbocycles. The van der Waals surface area contributed by atoms with E-state index >= 15 is 0 Å². The van der Waals surface area contributed by atoms with E-state index in [0.29, 0.717) is 12.2 Å². The Morgan fingerprint density at radius 2 is 2.33 bits per heavy atom. The Morgan fingerprint density at radius 3 is 3.17 bits per heavy atom. The highest BCUT2D eigenvalue weighted by Crippen LogP contribution is 1.98. The Morgan fingerprint density at radius 1 is 1.44 bits per heavy atom. The molecule has 2 heterocycles. The zero-order valence-electron chi connectivity index (χ0n) is 10.1. The van der Waals surface area contributed by atoms with Crippen LogP contribution in [-0.2, 0) is 6.54 Å². The first-order valence-electron chi connectivity index (χ1n) is 5.93. The minimum absolute atomic E-state index is 0.0546. The molecule has 0 atom stereocenters. The number of rotatable bonds is 5. The zero-order valence-corrected chi connectivity index (χ0v) is 10.1. The highest BCUT2D eigenvalue weighted by Gasteiger charge is 2.00. The van der Waals surface area contributed by atoms with Gasteiger partial charge in [0.1, 0.15) is 5.65 Å². The van der Waals surface area contributed by atoms with E-state index in [1.165, 1.54) is 4.40 Å². The minimum Gasteiger partial charge on any atom is -0.311 e. The van der Waals surface area contributed by atoms with Gasteiger partial charge in [0, 0.05) is 25.2 Å². The number of nitrogens with one attached hydrogen (secondary N) is 1. The van der Waals surface area contributed by atoms with Crippen LogP contribution in [0.3, 0.4) is 0 Å². The molecule has 0 saturated heterocycles. The van der Waals surface area contributed by atoms with Crippen molar-refractivity contribution >= 4 is 5.65 Å². The van der Waals surface area contributed by atoms with Crippen LogP contribution in [-0.4, -0.2) is 15.9 Å². The summed E-state index contributed by atoms with van der Waals surface area (Å²) in [5, 5.41) is 3.22. The maximum atomic E-state index is 11.8. The van der Waals surface area contributed by atoms with Crippen LogP contribution in [0.2, 0.25) is 0 Å². The van der Waals surface area contributed by atoms with Gasteiger partial charge in [0.25, 0.3) is 5.56 Å². The molecule has 2 aromatic heterocycles. The van der Waals surface area contributed by atoms with Gasteiger partial charge in [0.15, 0.2) is 0 Å². The van der Waals surface area contributed by atoms with Crippen LogP contribution in [0.4, 0.5) is 0 Å². The standard InChI is InChI=1S/C14H15N3O/c1-2-3-5-8-15-11-12-10-14(18)17-9-6-4-7-13(17)16-12/h1,4,6-7,9-10,15H,3,5,8,11H2. The molecular weight excluding hydrogens is 226 g/mol. The fourth-order valence-electron chi connectivity index (χ4n) is 1.73. The van der Waals surface area contributed by atoms with E-state index in [4.69, 9.17) is 6.42 Å². The molecule has 4 nitrogen and oxygen atoms in total. The Hall–Kier alpha value is -2.12. The molecule has 0 amide bonds. The highest BCUT2D eigenvalue weighted by molar-refractivity contribution is 5.37. The number of unbranched alkanes of at least 4 members (excludes halogenated alkanes) is 1. The molecule has 4 heteroatoms. The summed E-state index contributed by atoms with van der Waals surface area (Å²) in [7, 11) is 0. The van der Waals surface area contributed by atoms with E-state index in [1.807, 2.05) is 18.2 Å². The first-order valence-corrected chi connectivity index (χ1v) is 5.93. The van der Waals surface area contributed by atoms with Crippen LogP contribution in [0.15, 0.2) is 35.3 Å². The van der Waals surface area contributed by atoms with Crippen LogP contribution in [0.5, 0.6) is 0 Å². The molecular formula is C14H15N3O. The maximum absolute atomic E-state index is 11.8. The van der Waals surface area contributed by atoms with Gasteiger partial charge in [0.2, 0.25) is 0 Å². The average molecular weight is 241 g/mol. The van der Waals surface area contributed by atoms with Crippen LogP contribution in [0, 0.1) is 12.3 Å². The third-order valence-electron chi connectivity index (χ3n) is 2.60. The SMILES string of the molecule is C#CCCCNCc1cc(=O)n2ccccc2n1. The van der Waals surface area contributed by atoms with E-state index < -0.39 is 0 Å². The number of aromatic nitrogens is 2. The smallest absolute Gasteiger partial charge is 0.258 e. The van der Waals surface area contributed by atoms with Crippen molar-refractivity contribution in [3.63, 3.8) is 0 Å². The van der Waals surface area contributed by atoms with Crippen LogP contribution in [0.25, 0.3) is 5.65 Å². The summed E-state index contributed by atoms with van der Waals surface area (Å²) in [6, 6.07) is 7.06. The van der Waals surface area contributed by atoms with E-state index in [0.717, 1.165) is 25.1 Å². The normalized spacial score (nSPS) is 10.4. The predicted molar refractivity (Wildman–Crippen MR) is 71.2 cm³/mol. The summed E-state index contributed by atoms with van der Waals surface area (Å²) < 4.78 is 1.53. The fourth-order valence-corrected chi connectivity index (χ4v) is 1.73.